The van der Waals surface area contributed by atoms with Gasteiger partial charge >= 0.3 is 0 Å². The minimum atomic E-state index is 0.901. The molecule has 3 atom stereocenters. The van der Waals surface area contributed by atoms with Gasteiger partial charge in [0.15, 0.2) is 0 Å². The molecule has 1 aliphatic rings. The Labute approximate surface area is 70.6 Å². The molecule has 1 rings (SSSR count). The van der Waals surface area contributed by atoms with Crippen molar-refractivity contribution >= 4 is 0 Å². The average Bonchev–Trinajstić information content (AvgIpc) is 2.04. The van der Waals surface area contributed by atoms with Gasteiger partial charge in [-0.2, -0.15) is 0 Å². The summed E-state index contributed by atoms with van der Waals surface area (Å²) in [5.74, 6) is 2.76. The van der Waals surface area contributed by atoms with E-state index in [0.717, 1.165) is 17.8 Å². The van der Waals surface area contributed by atoms with Gasteiger partial charge in [-0.05, 0) is 37.3 Å². The average molecular weight is 155 g/mol. The van der Waals surface area contributed by atoms with E-state index in [1.54, 1.807) is 0 Å². The topological polar surface area (TPSA) is 12.0 Å². The molecule has 2 unspecified atom stereocenters. The molecule has 0 spiro atoms. The van der Waals surface area contributed by atoms with E-state index in [1.807, 2.05) is 0 Å². The molecule has 1 N–H and O–H groups in total. The number of hydrogen-bond acceptors (Lipinski definition) is 1. The quantitative estimate of drug-likeness (QED) is 0.645. The zero-order chi connectivity index (χ0) is 8.27. The fourth-order valence-electron chi connectivity index (χ4n) is 2.08. The summed E-state index contributed by atoms with van der Waals surface area (Å²) < 4.78 is 0. The van der Waals surface area contributed by atoms with Gasteiger partial charge in [-0.3, -0.25) is 0 Å². The molecule has 1 heteroatoms. The lowest BCUT2D eigenvalue weighted by Gasteiger charge is -2.33. The van der Waals surface area contributed by atoms with Crippen LogP contribution in [0.25, 0.3) is 0 Å². The van der Waals surface area contributed by atoms with Crippen molar-refractivity contribution in [3.63, 3.8) is 0 Å². The molecular formula is C10H21N. The summed E-state index contributed by atoms with van der Waals surface area (Å²) in [5.41, 5.74) is 0. The van der Waals surface area contributed by atoms with Crippen LogP contribution in [0.1, 0.15) is 33.6 Å². The van der Waals surface area contributed by atoms with E-state index in [4.69, 9.17) is 0 Å². The molecule has 1 aliphatic heterocycles. The minimum absolute atomic E-state index is 0.901. The SMILES string of the molecule is CCC(C)[C@@H]1CNCCC1C. The zero-order valence-corrected chi connectivity index (χ0v) is 8.06. The predicted molar refractivity (Wildman–Crippen MR) is 49.6 cm³/mol. The molecule has 0 bridgehead atoms. The molecule has 1 heterocycles. The largest absolute Gasteiger partial charge is 0.316 e. The monoisotopic (exact) mass is 155 g/mol. The summed E-state index contributed by atoms with van der Waals surface area (Å²) in [7, 11) is 0. The lowest BCUT2D eigenvalue weighted by molar-refractivity contribution is 0.197. The molecule has 66 valence electrons. The molecule has 1 nitrogen and oxygen atoms in total. The van der Waals surface area contributed by atoms with Crippen molar-refractivity contribution in [2.75, 3.05) is 13.1 Å². The number of nitrogens with one attached hydrogen (secondary N) is 1. The van der Waals surface area contributed by atoms with Crippen molar-refractivity contribution in [1.29, 1.82) is 0 Å². The van der Waals surface area contributed by atoms with Gasteiger partial charge in [0.2, 0.25) is 0 Å². The highest BCUT2D eigenvalue weighted by Gasteiger charge is 2.24. The van der Waals surface area contributed by atoms with Gasteiger partial charge in [0.25, 0.3) is 0 Å². The van der Waals surface area contributed by atoms with Gasteiger partial charge < -0.3 is 5.32 Å². The second-order valence-corrected chi connectivity index (χ2v) is 4.02. The zero-order valence-electron chi connectivity index (χ0n) is 8.06. The summed E-state index contributed by atoms with van der Waals surface area (Å²) in [6.45, 7) is 9.56. The molecule has 0 saturated carbocycles. The molecule has 0 aliphatic carbocycles. The number of rotatable bonds is 2. The van der Waals surface area contributed by atoms with Crippen LogP contribution in [-0.2, 0) is 0 Å². The van der Waals surface area contributed by atoms with E-state index < -0.39 is 0 Å². The highest BCUT2D eigenvalue weighted by atomic mass is 14.9. The Morgan fingerprint density at radius 2 is 2.27 bits per heavy atom. The Kier molecular flexibility index (Phi) is 3.38. The summed E-state index contributed by atoms with van der Waals surface area (Å²) in [6.07, 6.45) is 2.70. The Balaban J connectivity index is 2.40. The van der Waals surface area contributed by atoms with Crippen molar-refractivity contribution in [3.05, 3.63) is 0 Å². The maximum Gasteiger partial charge on any atom is -0.00154 e. The van der Waals surface area contributed by atoms with Crippen LogP contribution in [0.2, 0.25) is 0 Å². The highest BCUT2D eigenvalue weighted by Crippen LogP contribution is 2.27. The van der Waals surface area contributed by atoms with Crippen LogP contribution < -0.4 is 5.32 Å². The van der Waals surface area contributed by atoms with Gasteiger partial charge in [-0.1, -0.05) is 27.2 Å². The number of piperidine rings is 1. The van der Waals surface area contributed by atoms with Crippen LogP contribution in [0.15, 0.2) is 0 Å². The van der Waals surface area contributed by atoms with Gasteiger partial charge in [0, 0.05) is 0 Å². The smallest absolute Gasteiger partial charge is 0.00154 e. The molecule has 1 fully saturated rings. The lowest BCUT2D eigenvalue weighted by Crippen LogP contribution is -2.38. The molecular weight excluding hydrogens is 134 g/mol. The second-order valence-electron chi connectivity index (χ2n) is 4.02. The van der Waals surface area contributed by atoms with E-state index in [-0.39, 0.29) is 0 Å². The normalized spacial score (nSPS) is 35.2. The highest BCUT2D eigenvalue weighted by molar-refractivity contribution is 4.78. The number of hydrogen-bond donors (Lipinski definition) is 1. The third kappa shape index (κ3) is 2.19. The molecule has 0 aromatic carbocycles. The Hall–Kier alpha value is -0.0400. The van der Waals surface area contributed by atoms with Gasteiger partial charge in [-0.15, -0.1) is 0 Å². The van der Waals surface area contributed by atoms with Crippen LogP contribution in [0.4, 0.5) is 0 Å². The van der Waals surface area contributed by atoms with Gasteiger partial charge in [0.1, 0.15) is 0 Å². The third-order valence-corrected chi connectivity index (χ3v) is 3.26. The molecule has 0 aromatic rings. The first-order valence-electron chi connectivity index (χ1n) is 4.96. The molecule has 0 amide bonds. The van der Waals surface area contributed by atoms with Crippen molar-refractivity contribution in [1.82, 2.24) is 5.32 Å². The second kappa shape index (κ2) is 4.10. The van der Waals surface area contributed by atoms with E-state index in [0.29, 0.717) is 0 Å². The Morgan fingerprint density at radius 1 is 1.55 bits per heavy atom. The van der Waals surface area contributed by atoms with E-state index in [2.05, 4.69) is 26.1 Å². The molecule has 0 radical (unpaired) electrons. The van der Waals surface area contributed by atoms with Gasteiger partial charge in [-0.25, -0.2) is 0 Å². The first-order chi connectivity index (χ1) is 5.25. The standard InChI is InChI=1S/C10H21N/c1-4-8(2)10-7-11-6-5-9(10)3/h8-11H,4-7H2,1-3H3/t8?,9?,10-/m0/s1. The summed E-state index contributed by atoms with van der Waals surface area (Å²) in [6, 6.07) is 0. The minimum Gasteiger partial charge on any atom is -0.316 e. The molecule has 0 aromatic heterocycles. The van der Waals surface area contributed by atoms with Crippen LogP contribution in [0.5, 0.6) is 0 Å². The molecule has 1 saturated heterocycles. The predicted octanol–water partition coefficient (Wildman–Crippen LogP) is 2.28. The van der Waals surface area contributed by atoms with Crippen molar-refractivity contribution in [2.24, 2.45) is 17.8 Å². The third-order valence-electron chi connectivity index (χ3n) is 3.26. The molecule has 11 heavy (non-hydrogen) atoms. The fourth-order valence-corrected chi connectivity index (χ4v) is 2.08. The first-order valence-corrected chi connectivity index (χ1v) is 4.96. The van der Waals surface area contributed by atoms with Crippen LogP contribution in [-0.4, -0.2) is 13.1 Å². The first kappa shape index (κ1) is 9.05. The van der Waals surface area contributed by atoms with E-state index in [1.165, 1.54) is 25.9 Å². The summed E-state index contributed by atoms with van der Waals surface area (Å²) >= 11 is 0. The maximum atomic E-state index is 3.48. The van der Waals surface area contributed by atoms with Gasteiger partial charge in [0.05, 0.1) is 0 Å². The Bertz CT molecular complexity index is 107. The van der Waals surface area contributed by atoms with Crippen molar-refractivity contribution in [2.45, 2.75) is 33.6 Å². The van der Waals surface area contributed by atoms with E-state index in [9.17, 15) is 0 Å². The van der Waals surface area contributed by atoms with Crippen molar-refractivity contribution in [3.8, 4) is 0 Å². The van der Waals surface area contributed by atoms with Crippen molar-refractivity contribution < 1.29 is 0 Å². The van der Waals surface area contributed by atoms with Crippen LogP contribution in [0.3, 0.4) is 0 Å². The van der Waals surface area contributed by atoms with E-state index >= 15 is 0 Å². The lowest BCUT2D eigenvalue weighted by atomic mass is 9.78. The fraction of sp³-hybridized carbons (Fsp3) is 1.00. The summed E-state index contributed by atoms with van der Waals surface area (Å²) in [5, 5.41) is 3.48. The Morgan fingerprint density at radius 3 is 2.82 bits per heavy atom. The maximum absolute atomic E-state index is 3.48. The summed E-state index contributed by atoms with van der Waals surface area (Å²) in [4.78, 5) is 0. The van der Waals surface area contributed by atoms with Crippen LogP contribution >= 0.6 is 0 Å². The van der Waals surface area contributed by atoms with Crippen LogP contribution in [0, 0.1) is 17.8 Å².